The average Bonchev–Trinajstić information content (AvgIpc) is 2.45. The Bertz CT molecular complexity index is 508. The summed E-state index contributed by atoms with van der Waals surface area (Å²) in [7, 11) is 0. The quantitative estimate of drug-likeness (QED) is 0.677. The zero-order chi connectivity index (χ0) is 15.5. The van der Waals surface area contributed by atoms with Crippen molar-refractivity contribution < 1.29 is 22.7 Å². The van der Waals surface area contributed by atoms with Gasteiger partial charge in [-0.1, -0.05) is 19.3 Å². The molecule has 2 rings (SSSR count). The van der Waals surface area contributed by atoms with Gasteiger partial charge in [0.1, 0.15) is 0 Å². The van der Waals surface area contributed by atoms with Gasteiger partial charge in [-0.25, -0.2) is 4.79 Å². The molecule has 1 aliphatic rings. The highest BCUT2D eigenvalue weighted by atomic mass is 19.4. The minimum atomic E-state index is -4.47. The molecule has 0 bridgehead atoms. The molecule has 0 radical (unpaired) electrons. The molecule has 0 saturated heterocycles. The summed E-state index contributed by atoms with van der Waals surface area (Å²) in [4.78, 5) is 11.9. The Morgan fingerprint density at radius 1 is 1.24 bits per heavy atom. The van der Waals surface area contributed by atoms with Crippen molar-refractivity contribution in [3.05, 3.63) is 29.3 Å². The molecule has 2 N–H and O–H groups in total. The predicted molar refractivity (Wildman–Crippen MR) is 72.7 cm³/mol. The van der Waals surface area contributed by atoms with Crippen LogP contribution in [0.4, 0.5) is 18.9 Å². The number of hydrogen-bond donors (Lipinski definition) is 1. The summed E-state index contributed by atoms with van der Waals surface area (Å²) in [6.07, 6.45) is 1.04. The van der Waals surface area contributed by atoms with E-state index in [0.717, 1.165) is 43.9 Å². The number of carbonyl (C=O) groups excluding carboxylic acids is 1. The number of carbonyl (C=O) groups is 1. The van der Waals surface area contributed by atoms with Crippen molar-refractivity contribution in [1.29, 1.82) is 0 Å². The van der Waals surface area contributed by atoms with Gasteiger partial charge < -0.3 is 10.5 Å². The van der Waals surface area contributed by atoms with Crippen LogP contribution >= 0.6 is 0 Å². The molecule has 0 unspecified atom stereocenters. The molecule has 1 fully saturated rings. The largest absolute Gasteiger partial charge is 0.462 e. The zero-order valence-corrected chi connectivity index (χ0v) is 11.6. The predicted octanol–water partition coefficient (Wildman–Crippen LogP) is 4.02. The van der Waals surface area contributed by atoms with E-state index < -0.39 is 17.7 Å². The maximum absolute atomic E-state index is 12.5. The molecule has 0 aromatic heterocycles. The Labute approximate surface area is 121 Å². The number of halogens is 3. The van der Waals surface area contributed by atoms with Gasteiger partial charge in [-0.05, 0) is 37.0 Å². The van der Waals surface area contributed by atoms with Crippen LogP contribution in [0.2, 0.25) is 0 Å². The molecule has 1 aromatic carbocycles. The molecular formula is C15H18F3NO2. The fourth-order valence-electron chi connectivity index (χ4n) is 2.55. The number of alkyl halides is 3. The molecule has 0 heterocycles. The molecule has 1 saturated carbocycles. The summed E-state index contributed by atoms with van der Waals surface area (Å²) in [5, 5.41) is 0. The van der Waals surface area contributed by atoms with Crippen molar-refractivity contribution in [2.75, 3.05) is 12.3 Å². The van der Waals surface area contributed by atoms with Gasteiger partial charge >= 0.3 is 12.1 Å². The molecular weight excluding hydrogens is 283 g/mol. The summed E-state index contributed by atoms with van der Waals surface area (Å²) in [5.41, 5.74) is 4.43. The van der Waals surface area contributed by atoms with Crippen LogP contribution in [0.5, 0.6) is 0 Å². The van der Waals surface area contributed by atoms with Crippen LogP contribution in [0, 0.1) is 5.92 Å². The molecule has 21 heavy (non-hydrogen) atoms. The summed E-state index contributed by atoms with van der Waals surface area (Å²) in [6, 6.07) is 2.67. The third kappa shape index (κ3) is 4.12. The van der Waals surface area contributed by atoms with Crippen molar-refractivity contribution in [3.63, 3.8) is 0 Å². The molecule has 0 aliphatic heterocycles. The summed E-state index contributed by atoms with van der Waals surface area (Å²) < 4.78 is 42.7. The summed E-state index contributed by atoms with van der Waals surface area (Å²) >= 11 is 0. The van der Waals surface area contributed by atoms with E-state index in [2.05, 4.69) is 0 Å². The number of esters is 1. The Balaban J connectivity index is 1.99. The van der Waals surface area contributed by atoms with Crippen LogP contribution in [0.25, 0.3) is 0 Å². The molecule has 0 atom stereocenters. The van der Waals surface area contributed by atoms with Gasteiger partial charge in [0.05, 0.1) is 17.7 Å². The highest BCUT2D eigenvalue weighted by Crippen LogP contribution is 2.31. The van der Waals surface area contributed by atoms with Crippen LogP contribution in [0.15, 0.2) is 18.2 Å². The van der Waals surface area contributed by atoms with E-state index >= 15 is 0 Å². The van der Waals surface area contributed by atoms with Crippen LogP contribution in [-0.4, -0.2) is 12.6 Å². The Morgan fingerprint density at radius 3 is 2.48 bits per heavy atom. The molecule has 0 spiro atoms. The normalized spacial score (nSPS) is 16.7. The first-order valence-electron chi connectivity index (χ1n) is 7.02. The average molecular weight is 301 g/mol. The number of nitrogen functional groups attached to an aromatic ring is 1. The van der Waals surface area contributed by atoms with E-state index in [1.54, 1.807) is 0 Å². The number of benzene rings is 1. The van der Waals surface area contributed by atoms with Gasteiger partial charge in [-0.15, -0.1) is 0 Å². The molecule has 0 amide bonds. The molecule has 3 nitrogen and oxygen atoms in total. The van der Waals surface area contributed by atoms with Crippen LogP contribution in [0.3, 0.4) is 0 Å². The van der Waals surface area contributed by atoms with Gasteiger partial charge in [0.2, 0.25) is 0 Å². The lowest BCUT2D eigenvalue weighted by Gasteiger charge is -2.21. The molecule has 1 aromatic rings. The van der Waals surface area contributed by atoms with Crippen molar-refractivity contribution in [2.24, 2.45) is 5.92 Å². The SMILES string of the molecule is Nc1cc(C(F)(F)F)ccc1C(=O)OCC1CCCCC1. The van der Waals surface area contributed by atoms with Crippen molar-refractivity contribution >= 4 is 11.7 Å². The number of ether oxygens (including phenoxy) is 1. The summed E-state index contributed by atoms with van der Waals surface area (Å²) in [5.74, 6) is -0.315. The van der Waals surface area contributed by atoms with E-state index in [9.17, 15) is 18.0 Å². The number of rotatable bonds is 3. The smallest absolute Gasteiger partial charge is 0.416 e. The Hall–Kier alpha value is -1.72. The first-order chi connectivity index (χ1) is 9.88. The monoisotopic (exact) mass is 301 g/mol. The minimum absolute atomic E-state index is 0.0150. The number of hydrogen-bond acceptors (Lipinski definition) is 3. The second-order valence-electron chi connectivity index (χ2n) is 5.40. The number of anilines is 1. The second kappa shape index (κ2) is 6.37. The van der Waals surface area contributed by atoms with Crippen molar-refractivity contribution in [1.82, 2.24) is 0 Å². The lowest BCUT2D eigenvalue weighted by atomic mass is 9.90. The first-order valence-corrected chi connectivity index (χ1v) is 7.02. The van der Waals surface area contributed by atoms with E-state index in [1.165, 1.54) is 6.42 Å². The summed E-state index contributed by atoms with van der Waals surface area (Å²) in [6.45, 7) is 0.305. The van der Waals surface area contributed by atoms with E-state index in [-0.39, 0.29) is 11.3 Å². The van der Waals surface area contributed by atoms with Gasteiger partial charge in [-0.2, -0.15) is 13.2 Å². The minimum Gasteiger partial charge on any atom is -0.462 e. The zero-order valence-electron chi connectivity index (χ0n) is 11.6. The highest BCUT2D eigenvalue weighted by molar-refractivity contribution is 5.95. The molecule has 1 aliphatic carbocycles. The van der Waals surface area contributed by atoms with Gasteiger partial charge in [0.25, 0.3) is 0 Å². The lowest BCUT2D eigenvalue weighted by molar-refractivity contribution is -0.137. The van der Waals surface area contributed by atoms with E-state index in [0.29, 0.717) is 12.5 Å². The fraction of sp³-hybridized carbons (Fsp3) is 0.533. The third-order valence-corrected chi connectivity index (χ3v) is 3.77. The highest BCUT2D eigenvalue weighted by Gasteiger charge is 2.31. The third-order valence-electron chi connectivity index (χ3n) is 3.77. The second-order valence-corrected chi connectivity index (χ2v) is 5.40. The van der Waals surface area contributed by atoms with Crippen LogP contribution in [0.1, 0.15) is 48.0 Å². The van der Waals surface area contributed by atoms with Gasteiger partial charge in [0, 0.05) is 5.69 Å². The molecule has 116 valence electrons. The Morgan fingerprint density at radius 2 is 1.90 bits per heavy atom. The topological polar surface area (TPSA) is 52.3 Å². The van der Waals surface area contributed by atoms with Gasteiger partial charge in [-0.3, -0.25) is 0 Å². The van der Waals surface area contributed by atoms with Gasteiger partial charge in [0.15, 0.2) is 0 Å². The maximum Gasteiger partial charge on any atom is 0.416 e. The van der Waals surface area contributed by atoms with Crippen molar-refractivity contribution in [2.45, 2.75) is 38.3 Å². The Kier molecular flexibility index (Phi) is 4.75. The maximum atomic E-state index is 12.5. The lowest BCUT2D eigenvalue weighted by Crippen LogP contribution is -2.18. The fourth-order valence-corrected chi connectivity index (χ4v) is 2.55. The first kappa shape index (κ1) is 15.7. The van der Waals surface area contributed by atoms with E-state index in [4.69, 9.17) is 10.5 Å². The standard InChI is InChI=1S/C15H18F3NO2/c16-15(17,18)11-6-7-12(13(19)8-11)14(20)21-9-10-4-2-1-3-5-10/h6-8,10H,1-5,9,19H2. The number of nitrogens with two attached hydrogens (primary N) is 1. The van der Waals surface area contributed by atoms with E-state index in [1.807, 2.05) is 0 Å². The molecule has 6 heteroatoms. The van der Waals surface area contributed by atoms with Crippen LogP contribution in [-0.2, 0) is 10.9 Å². The van der Waals surface area contributed by atoms with Crippen molar-refractivity contribution in [3.8, 4) is 0 Å². The van der Waals surface area contributed by atoms with Crippen LogP contribution < -0.4 is 5.73 Å².